The Bertz CT molecular complexity index is 1170. The first-order chi connectivity index (χ1) is 12.7. The Morgan fingerprint density at radius 3 is 2.50 bits per heavy atom. The summed E-state index contributed by atoms with van der Waals surface area (Å²) in [4.78, 5) is 4.46. The van der Waals surface area contributed by atoms with Gasteiger partial charge in [-0.05, 0) is 41.0 Å². The maximum absolute atomic E-state index is 10.5. The van der Waals surface area contributed by atoms with E-state index in [1.165, 1.54) is 0 Å². The second-order valence-corrected chi connectivity index (χ2v) is 6.22. The molecule has 0 fully saturated rings. The van der Waals surface area contributed by atoms with Crippen LogP contribution in [0.4, 0.5) is 0 Å². The van der Waals surface area contributed by atoms with E-state index >= 15 is 0 Å². The van der Waals surface area contributed by atoms with Crippen molar-refractivity contribution in [2.24, 2.45) is 0 Å². The Hall–Kier alpha value is -3.64. The zero-order valence-electron chi connectivity index (χ0n) is 14.3. The van der Waals surface area contributed by atoms with Gasteiger partial charge in [-0.2, -0.15) is 5.26 Å². The summed E-state index contributed by atoms with van der Waals surface area (Å²) in [7, 11) is 0. The number of aromatic hydroxyl groups is 1. The van der Waals surface area contributed by atoms with Crippen LogP contribution < -0.4 is 0 Å². The van der Waals surface area contributed by atoms with E-state index in [1.807, 2.05) is 67.6 Å². The molecule has 4 aromatic rings. The molecule has 0 radical (unpaired) electrons. The van der Waals surface area contributed by atoms with Crippen LogP contribution in [0.1, 0.15) is 11.1 Å². The topological polar surface area (TPSA) is 56.9 Å². The van der Waals surface area contributed by atoms with Crippen molar-refractivity contribution in [3.05, 3.63) is 84.1 Å². The molecule has 0 spiro atoms. The van der Waals surface area contributed by atoms with E-state index in [4.69, 9.17) is 0 Å². The van der Waals surface area contributed by atoms with Gasteiger partial charge in [0.25, 0.3) is 0 Å². The van der Waals surface area contributed by atoms with E-state index in [2.05, 4.69) is 11.1 Å². The molecule has 1 heterocycles. The molecule has 1 aromatic heterocycles. The van der Waals surface area contributed by atoms with Gasteiger partial charge in [-0.15, -0.1) is 0 Å². The third-order valence-electron chi connectivity index (χ3n) is 4.62. The molecule has 3 nitrogen and oxygen atoms in total. The van der Waals surface area contributed by atoms with Gasteiger partial charge >= 0.3 is 0 Å². The van der Waals surface area contributed by atoms with Crippen LogP contribution in [0.3, 0.4) is 0 Å². The maximum atomic E-state index is 10.5. The van der Waals surface area contributed by atoms with Gasteiger partial charge in [0.05, 0.1) is 11.3 Å². The highest BCUT2D eigenvalue weighted by Gasteiger charge is 2.15. The summed E-state index contributed by atoms with van der Waals surface area (Å²) in [6, 6.07) is 23.5. The van der Waals surface area contributed by atoms with E-state index in [-0.39, 0.29) is 5.75 Å². The molecule has 0 aliphatic rings. The zero-order valence-corrected chi connectivity index (χ0v) is 14.3. The van der Waals surface area contributed by atoms with Gasteiger partial charge in [-0.3, -0.25) is 4.98 Å². The molecule has 4 rings (SSSR count). The largest absolute Gasteiger partial charge is 0.507 e. The van der Waals surface area contributed by atoms with Gasteiger partial charge in [0.1, 0.15) is 11.8 Å². The molecule has 0 amide bonds. The number of benzene rings is 3. The van der Waals surface area contributed by atoms with Gasteiger partial charge in [-0.1, -0.05) is 54.6 Å². The fourth-order valence-corrected chi connectivity index (χ4v) is 3.31. The minimum Gasteiger partial charge on any atom is -0.507 e. The van der Waals surface area contributed by atoms with Crippen LogP contribution in [0.2, 0.25) is 0 Å². The average molecular weight is 336 g/mol. The number of aromatic nitrogens is 1. The Kier molecular flexibility index (Phi) is 3.87. The number of aryl methyl sites for hydroxylation is 1. The number of rotatable bonds is 2. The van der Waals surface area contributed by atoms with Crippen molar-refractivity contribution in [1.29, 1.82) is 5.26 Å². The molecule has 0 saturated carbocycles. The molecule has 3 heteroatoms. The number of nitriles is 1. The molecule has 0 unspecified atom stereocenters. The van der Waals surface area contributed by atoms with Gasteiger partial charge in [0.2, 0.25) is 0 Å². The number of hydrogen-bond acceptors (Lipinski definition) is 3. The van der Waals surface area contributed by atoms with E-state index in [0.29, 0.717) is 16.8 Å². The minimum atomic E-state index is 0.177. The Balaban J connectivity index is 2.01. The summed E-state index contributed by atoms with van der Waals surface area (Å²) < 4.78 is 0. The van der Waals surface area contributed by atoms with Crippen molar-refractivity contribution in [3.63, 3.8) is 0 Å². The number of nitrogens with zero attached hydrogens (tertiary/aromatic N) is 2. The summed E-state index contributed by atoms with van der Waals surface area (Å²) >= 11 is 0. The molecule has 3 aromatic carbocycles. The standard InChI is InChI=1S/C23H16N2O/c1-15-6-2-4-8-18(15)20-12-21(25-14-17(20)13-24)23-19-9-5-3-7-16(19)10-11-22(23)26/h2-12,14,26H,1H3. The van der Waals surface area contributed by atoms with Gasteiger partial charge in [0, 0.05) is 17.3 Å². The first kappa shape index (κ1) is 15.9. The van der Waals surface area contributed by atoms with Gasteiger partial charge in [0.15, 0.2) is 0 Å². The molecule has 1 N–H and O–H groups in total. The molecular weight excluding hydrogens is 320 g/mol. The first-order valence-corrected chi connectivity index (χ1v) is 8.36. The highest BCUT2D eigenvalue weighted by molar-refractivity contribution is 5.99. The van der Waals surface area contributed by atoms with Crippen LogP contribution >= 0.6 is 0 Å². The van der Waals surface area contributed by atoms with Crippen molar-refractivity contribution >= 4 is 10.8 Å². The second kappa shape index (κ2) is 6.34. The number of pyridine rings is 1. The summed E-state index contributed by atoms with van der Waals surface area (Å²) in [6.07, 6.45) is 1.58. The smallest absolute Gasteiger partial charge is 0.125 e. The van der Waals surface area contributed by atoms with Crippen molar-refractivity contribution in [2.45, 2.75) is 6.92 Å². The predicted molar refractivity (Wildman–Crippen MR) is 104 cm³/mol. The van der Waals surface area contributed by atoms with Crippen LogP contribution in [0, 0.1) is 18.3 Å². The summed E-state index contributed by atoms with van der Waals surface area (Å²) in [5.74, 6) is 0.177. The van der Waals surface area contributed by atoms with Crippen LogP contribution in [-0.2, 0) is 0 Å². The second-order valence-electron chi connectivity index (χ2n) is 6.22. The van der Waals surface area contributed by atoms with Gasteiger partial charge < -0.3 is 5.11 Å². The third kappa shape index (κ3) is 2.58. The molecule has 26 heavy (non-hydrogen) atoms. The van der Waals surface area contributed by atoms with Crippen molar-refractivity contribution in [3.8, 4) is 34.2 Å². The summed E-state index contributed by atoms with van der Waals surface area (Å²) in [6.45, 7) is 2.02. The fourth-order valence-electron chi connectivity index (χ4n) is 3.31. The van der Waals surface area contributed by atoms with Gasteiger partial charge in [-0.25, -0.2) is 0 Å². The number of phenolic OH excluding ortho intramolecular Hbond substituents is 1. The molecule has 0 aliphatic carbocycles. The summed E-state index contributed by atoms with van der Waals surface area (Å²) in [5.41, 5.74) is 4.75. The van der Waals surface area contributed by atoms with Crippen molar-refractivity contribution < 1.29 is 5.11 Å². The van der Waals surface area contributed by atoms with E-state index in [0.717, 1.165) is 27.5 Å². The van der Waals surface area contributed by atoms with E-state index in [9.17, 15) is 10.4 Å². The number of fused-ring (bicyclic) bond motifs is 1. The number of hydrogen-bond donors (Lipinski definition) is 1. The lowest BCUT2D eigenvalue weighted by Crippen LogP contribution is -1.93. The van der Waals surface area contributed by atoms with Crippen LogP contribution in [-0.4, -0.2) is 10.1 Å². The predicted octanol–water partition coefficient (Wildman–Crippen LogP) is 5.45. The molecule has 124 valence electrons. The quantitative estimate of drug-likeness (QED) is 0.529. The van der Waals surface area contributed by atoms with Crippen molar-refractivity contribution in [1.82, 2.24) is 4.98 Å². The third-order valence-corrected chi connectivity index (χ3v) is 4.62. The normalized spacial score (nSPS) is 10.6. The molecule has 0 saturated heterocycles. The van der Waals surface area contributed by atoms with E-state index in [1.54, 1.807) is 12.3 Å². The van der Waals surface area contributed by atoms with Crippen LogP contribution in [0.25, 0.3) is 33.2 Å². The lowest BCUT2D eigenvalue weighted by molar-refractivity contribution is 0.478. The monoisotopic (exact) mass is 336 g/mol. The highest BCUT2D eigenvalue weighted by Crippen LogP contribution is 2.37. The molecular formula is C23H16N2O. The zero-order chi connectivity index (χ0) is 18.1. The molecule has 0 aliphatic heterocycles. The molecule has 0 atom stereocenters. The molecule has 0 bridgehead atoms. The van der Waals surface area contributed by atoms with Crippen LogP contribution in [0.15, 0.2) is 72.9 Å². The Morgan fingerprint density at radius 2 is 1.69 bits per heavy atom. The lowest BCUT2D eigenvalue weighted by Gasteiger charge is -2.12. The fraction of sp³-hybridized carbons (Fsp3) is 0.0435. The SMILES string of the molecule is Cc1ccccc1-c1cc(-c2c(O)ccc3ccccc23)ncc1C#N. The Morgan fingerprint density at radius 1 is 0.923 bits per heavy atom. The Labute approximate surface area is 151 Å². The lowest BCUT2D eigenvalue weighted by atomic mass is 9.94. The van der Waals surface area contributed by atoms with Crippen molar-refractivity contribution in [2.75, 3.05) is 0 Å². The van der Waals surface area contributed by atoms with Crippen LogP contribution in [0.5, 0.6) is 5.75 Å². The average Bonchev–Trinajstić information content (AvgIpc) is 2.68. The minimum absolute atomic E-state index is 0.177. The number of phenols is 1. The van der Waals surface area contributed by atoms with E-state index < -0.39 is 0 Å². The first-order valence-electron chi connectivity index (χ1n) is 8.36. The maximum Gasteiger partial charge on any atom is 0.125 e. The summed E-state index contributed by atoms with van der Waals surface area (Å²) in [5, 5.41) is 22.0. The highest BCUT2D eigenvalue weighted by atomic mass is 16.3.